The minimum atomic E-state index is 0.642. The summed E-state index contributed by atoms with van der Waals surface area (Å²) in [5.41, 5.74) is 2.89. The lowest BCUT2D eigenvalue weighted by molar-refractivity contribution is 0.834. The van der Waals surface area contributed by atoms with Gasteiger partial charge < -0.3 is 0 Å². The van der Waals surface area contributed by atoms with E-state index in [-0.39, 0.29) is 0 Å². The Labute approximate surface area is 87.4 Å². The highest BCUT2D eigenvalue weighted by molar-refractivity contribution is 5.27. The molecule has 0 saturated carbocycles. The molecule has 0 fully saturated rings. The van der Waals surface area contributed by atoms with E-state index < -0.39 is 0 Å². The van der Waals surface area contributed by atoms with Crippen LogP contribution in [-0.4, -0.2) is 0 Å². The van der Waals surface area contributed by atoms with Crippen LogP contribution in [0.15, 0.2) is 24.3 Å². The maximum absolute atomic E-state index is 6.50. The van der Waals surface area contributed by atoms with E-state index in [1.807, 2.05) is 0 Å². The molecule has 0 aromatic heterocycles. The molecule has 0 atom stereocenters. The smallest absolute Gasteiger partial charge is 0.0462 e. The van der Waals surface area contributed by atoms with Crippen LogP contribution in [0.2, 0.25) is 0 Å². The highest BCUT2D eigenvalue weighted by atomic mass is 14.2. The molecule has 0 spiro atoms. The van der Waals surface area contributed by atoms with Crippen molar-refractivity contribution in [2.45, 2.75) is 39.5 Å². The Hall–Kier alpha value is -1.29. The normalized spacial score (nSPS) is 9.71. The fraction of sp³-hybridized carbons (Fsp3) is 0.462. The fourth-order valence-electron chi connectivity index (χ4n) is 1.28. The van der Waals surface area contributed by atoms with Crippen molar-refractivity contribution in [3.63, 3.8) is 0 Å². The summed E-state index contributed by atoms with van der Waals surface area (Å²) in [4.78, 5) is 0. The summed E-state index contributed by atoms with van der Waals surface area (Å²) in [5.74, 6) is 1.28. The zero-order valence-electron chi connectivity index (χ0n) is 9.49. The van der Waals surface area contributed by atoms with Gasteiger partial charge in [-0.25, -0.2) is 5.26 Å². The van der Waals surface area contributed by atoms with Gasteiger partial charge in [0, 0.05) is 6.57 Å². The van der Waals surface area contributed by atoms with Crippen molar-refractivity contribution < 1.29 is 0 Å². The lowest BCUT2D eigenvalue weighted by Gasteiger charge is -2.09. The lowest BCUT2D eigenvalue weighted by atomic mass is 9.96. The van der Waals surface area contributed by atoms with Gasteiger partial charge in [-0.3, -0.25) is 0 Å². The molecule has 0 aliphatic heterocycles. The average Bonchev–Trinajstić information content (AvgIpc) is 2.21. The monoisotopic (exact) mass is 189 g/mol. The summed E-state index contributed by atoms with van der Waals surface area (Å²) in [7, 11) is 0. The zero-order valence-corrected chi connectivity index (χ0v) is 9.49. The molecular weight excluding hydrogens is 170 g/mol. The molecule has 0 saturated heterocycles. The molecular formula is C13H19N. The maximum Gasteiger partial charge on any atom is 0.0462 e. The van der Waals surface area contributed by atoms with Gasteiger partial charge in [-0.1, -0.05) is 52.0 Å². The first-order valence-electron chi connectivity index (χ1n) is 4.97. The first kappa shape index (κ1) is 12.7. The van der Waals surface area contributed by atoms with Crippen molar-refractivity contribution in [1.82, 2.24) is 0 Å². The van der Waals surface area contributed by atoms with E-state index in [2.05, 4.69) is 58.5 Å². The number of hydrogen-bond donors (Lipinski definition) is 0. The van der Waals surface area contributed by atoms with E-state index in [9.17, 15) is 0 Å². The highest BCUT2D eigenvalue weighted by Crippen LogP contribution is 2.20. The largest absolute Gasteiger partial charge is 0.202 e. The maximum atomic E-state index is 6.50. The van der Waals surface area contributed by atoms with Gasteiger partial charge >= 0.3 is 0 Å². The number of nitrogens with zero attached hydrogens (tertiary/aromatic N) is 1. The van der Waals surface area contributed by atoms with Crippen molar-refractivity contribution in [2.24, 2.45) is 0 Å². The second-order valence-electron chi connectivity index (χ2n) is 3.98. The Morgan fingerprint density at radius 2 is 1.29 bits per heavy atom. The van der Waals surface area contributed by atoms with Crippen molar-refractivity contribution in [2.75, 3.05) is 0 Å². The average molecular weight is 189 g/mol. The van der Waals surface area contributed by atoms with Crippen LogP contribution in [-0.2, 0) is 0 Å². The predicted molar refractivity (Wildman–Crippen MR) is 61.3 cm³/mol. The van der Waals surface area contributed by atoms with E-state index in [1.54, 1.807) is 0 Å². The third-order valence-corrected chi connectivity index (χ3v) is 2.24. The Morgan fingerprint density at radius 3 is 1.57 bits per heavy atom. The van der Waals surface area contributed by atoms with Crippen LogP contribution in [0.3, 0.4) is 0 Å². The van der Waals surface area contributed by atoms with Crippen LogP contribution in [0, 0.1) is 11.8 Å². The molecule has 0 unspecified atom stereocenters. The quantitative estimate of drug-likeness (QED) is 0.688. The summed E-state index contributed by atoms with van der Waals surface area (Å²) in [5, 5.41) is 6.50. The van der Waals surface area contributed by atoms with Gasteiger partial charge in [0.1, 0.15) is 0 Å². The number of benzene rings is 1. The molecule has 76 valence electrons. The van der Waals surface area contributed by atoms with E-state index in [0.29, 0.717) is 11.8 Å². The molecule has 0 aliphatic carbocycles. The molecule has 0 aliphatic rings. The lowest BCUT2D eigenvalue weighted by Crippen LogP contribution is -1.91. The third kappa shape index (κ3) is 3.62. The van der Waals surface area contributed by atoms with Gasteiger partial charge in [0.2, 0.25) is 0 Å². The second kappa shape index (κ2) is 6.21. The molecule has 1 aromatic carbocycles. The molecule has 1 aromatic rings. The molecule has 0 radical (unpaired) electrons. The van der Waals surface area contributed by atoms with Crippen molar-refractivity contribution in [3.8, 4) is 6.57 Å². The van der Waals surface area contributed by atoms with Crippen LogP contribution in [0.5, 0.6) is 0 Å². The second-order valence-corrected chi connectivity index (χ2v) is 3.98. The van der Waals surface area contributed by atoms with Crippen LogP contribution in [0.1, 0.15) is 50.7 Å². The number of rotatable bonds is 2. The summed E-state index contributed by atoms with van der Waals surface area (Å²) in [6.07, 6.45) is 0. The standard InChI is InChI=1S/C12H18.CHN/c1-9(2)11-6-5-7-12(8-11)10(3)4;1-2/h5-10H,1-4H3;1H. The summed E-state index contributed by atoms with van der Waals surface area (Å²) in [6.45, 7) is 12.4. The Morgan fingerprint density at radius 1 is 0.929 bits per heavy atom. The first-order valence-corrected chi connectivity index (χ1v) is 4.97. The summed E-state index contributed by atoms with van der Waals surface area (Å²) < 4.78 is 0. The van der Waals surface area contributed by atoms with Crippen LogP contribution < -0.4 is 0 Å². The Kier molecular flexibility index (Phi) is 5.64. The molecule has 1 rings (SSSR count). The van der Waals surface area contributed by atoms with Gasteiger partial charge in [-0.05, 0) is 23.0 Å². The van der Waals surface area contributed by atoms with E-state index in [0.717, 1.165) is 0 Å². The fourth-order valence-corrected chi connectivity index (χ4v) is 1.28. The highest BCUT2D eigenvalue weighted by Gasteiger charge is 2.02. The van der Waals surface area contributed by atoms with Crippen LogP contribution >= 0.6 is 0 Å². The number of nitriles is 1. The minimum Gasteiger partial charge on any atom is -0.202 e. The summed E-state index contributed by atoms with van der Waals surface area (Å²) in [6, 6.07) is 8.88. The van der Waals surface area contributed by atoms with E-state index >= 15 is 0 Å². The van der Waals surface area contributed by atoms with Crippen molar-refractivity contribution in [1.29, 1.82) is 5.26 Å². The van der Waals surface area contributed by atoms with Gasteiger partial charge in [0.05, 0.1) is 0 Å². The molecule has 1 heteroatoms. The molecule has 0 N–H and O–H groups in total. The Bertz CT molecular complexity index is 261. The van der Waals surface area contributed by atoms with Gasteiger partial charge in [0.25, 0.3) is 0 Å². The van der Waals surface area contributed by atoms with E-state index in [1.165, 1.54) is 11.1 Å². The molecule has 0 amide bonds. The minimum absolute atomic E-state index is 0.642. The molecule has 0 heterocycles. The Balaban J connectivity index is 0.000000791. The third-order valence-electron chi connectivity index (χ3n) is 2.24. The molecule has 1 nitrogen and oxygen atoms in total. The molecule has 0 bridgehead atoms. The summed E-state index contributed by atoms with van der Waals surface area (Å²) >= 11 is 0. The topological polar surface area (TPSA) is 23.8 Å². The number of hydrogen-bond acceptors (Lipinski definition) is 1. The van der Waals surface area contributed by atoms with Crippen molar-refractivity contribution >= 4 is 0 Å². The van der Waals surface area contributed by atoms with Gasteiger partial charge in [0.15, 0.2) is 0 Å². The van der Waals surface area contributed by atoms with Crippen molar-refractivity contribution in [3.05, 3.63) is 35.4 Å². The van der Waals surface area contributed by atoms with Gasteiger partial charge in [-0.15, -0.1) is 0 Å². The SMILES string of the molecule is C#N.CC(C)c1cccc(C(C)C)c1. The van der Waals surface area contributed by atoms with E-state index in [4.69, 9.17) is 5.26 Å². The predicted octanol–water partition coefficient (Wildman–Crippen LogP) is 4.07. The van der Waals surface area contributed by atoms with Crippen LogP contribution in [0.25, 0.3) is 0 Å². The van der Waals surface area contributed by atoms with Gasteiger partial charge in [-0.2, -0.15) is 0 Å². The first-order chi connectivity index (χ1) is 6.61. The zero-order chi connectivity index (χ0) is 11.1. The van der Waals surface area contributed by atoms with Crippen LogP contribution in [0.4, 0.5) is 0 Å². The molecule has 14 heavy (non-hydrogen) atoms.